The van der Waals surface area contributed by atoms with Gasteiger partial charge in [0.25, 0.3) is 17.9 Å². The molecule has 5 rings (SSSR count). The second-order valence-corrected chi connectivity index (χ2v) is 7.72. The molecule has 1 fully saturated rings. The van der Waals surface area contributed by atoms with Crippen LogP contribution in [0.4, 0.5) is 8.78 Å². The van der Waals surface area contributed by atoms with E-state index in [1.54, 1.807) is 6.07 Å². The molecule has 1 N–H and O–H groups in total. The Bertz CT molecular complexity index is 1130. The van der Waals surface area contributed by atoms with E-state index in [1.165, 1.54) is 10.6 Å². The van der Waals surface area contributed by atoms with E-state index in [-0.39, 0.29) is 17.7 Å². The van der Waals surface area contributed by atoms with Crippen LogP contribution < -0.4 is 5.56 Å². The number of alkyl halides is 2. The molecule has 0 unspecified atom stereocenters. The lowest BCUT2D eigenvalue weighted by atomic mass is 9.82. The Kier molecular flexibility index (Phi) is 3.86. The molecule has 1 amide bonds. The van der Waals surface area contributed by atoms with E-state index in [9.17, 15) is 18.4 Å². The van der Waals surface area contributed by atoms with Gasteiger partial charge in [-0.3, -0.25) is 9.59 Å². The number of nitrogens with zero attached hydrogens (tertiary/aromatic N) is 2. The van der Waals surface area contributed by atoms with Gasteiger partial charge in [0.2, 0.25) is 0 Å². The Balaban J connectivity index is 1.45. The fourth-order valence-electron chi connectivity index (χ4n) is 4.66. The van der Waals surface area contributed by atoms with Crippen LogP contribution in [0.15, 0.2) is 47.4 Å². The quantitative estimate of drug-likeness (QED) is 0.736. The zero-order chi connectivity index (χ0) is 19.4. The predicted molar refractivity (Wildman–Crippen MR) is 101 cm³/mol. The van der Waals surface area contributed by atoms with Crippen LogP contribution in [0.1, 0.15) is 40.4 Å². The minimum atomic E-state index is -2.77. The molecule has 28 heavy (non-hydrogen) atoms. The van der Waals surface area contributed by atoms with E-state index in [0.717, 1.165) is 23.0 Å². The summed E-state index contributed by atoms with van der Waals surface area (Å²) < 4.78 is 27.6. The number of nitrogens with one attached hydrogen (secondary N) is 1. The molecule has 7 heteroatoms. The van der Waals surface area contributed by atoms with Crippen LogP contribution >= 0.6 is 0 Å². The average molecular weight is 383 g/mol. The normalized spacial score (nSPS) is 21.2. The number of hydrogen-bond acceptors (Lipinski definition) is 2. The summed E-state index contributed by atoms with van der Waals surface area (Å²) >= 11 is 0. The summed E-state index contributed by atoms with van der Waals surface area (Å²) in [7, 11) is 0. The van der Waals surface area contributed by atoms with Crippen molar-refractivity contribution in [2.45, 2.75) is 25.3 Å². The molecule has 3 aromatic rings. The maximum absolute atomic E-state index is 13.1. The van der Waals surface area contributed by atoms with Crippen LogP contribution in [0.3, 0.4) is 0 Å². The average Bonchev–Trinajstić information content (AvgIpc) is 3.15. The molecule has 4 heterocycles. The largest absolute Gasteiger partial charge is 0.361 e. The Morgan fingerprint density at radius 1 is 1.11 bits per heavy atom. The van der Waals surface area contributed by atoms with Crippen LogP contribution in [0, 0.1) is 5.92 Å². The smallest absolute Gasteiger partial charge is 0.269 e. The summed E-state index contributed by atoms with van der Waals surface area (Å²) in [6.45, 7) is 1.40. The number of H-pyrrole nitrogens is 1. The molecular formula is C21H19F2N3O2. The van der Waals surface area contributed by atoms with Crippen LogP contribution in [-0.2, 0) is 6.54 Å². The number of likely N-dealkylation sites (tertiary alicyclic amines) is 1. The second kappa shape index (κ2) is 6.29. The van der Waals surface area contributed by atoms with Gasteiger partial charge >= 0.3 is 0 Å². The molecule has 144 valence electrons. The number of carbonyl (C=O) groups is 1. The van der Waals surface area contributed by atoms with E-state index >= 15 is 0 Å². The summed E-state index contributed by atoms with van der Waals surface area (Å²) in [6.07, 6.45) is -0.0625. The Morgan fingerprint density at radius 3 is 2.79 bits per heavy atom. The maximum atomic E-state index is 13.1. The molecule has 0 radical (unpaired) electrons. The lowest BCUT2D eigenvalue weighted by Crippen LogP contribution is -2.49. The Hall–Kier alpha value is -2.96. The summed E-state index contributed by atoms with van der Waals surface area (Å²) in [4.78, 5) is 30.4. The van der Waals surface area contributed by atoms with Crippen molar-refractivity contribution < 1.29 is 13.6 Å². The number of rotatable bonds is 2. The zero-order valence-corrected chi connectivity index (χ0v) is 15.1. The van der Waals surface area contributed by atoms with Crippen LogP contribution in [0.25, 0.3) is 10.9 Å². The van der Waals surface area contributed by atoms with Crippen molar-refractivity contribution >= 4 is 16.8 Å². The zero-order valence-electron chi connectivity index (χ0n) is 15.1. The van der Waals surface area contributed by atoms with Gasteiger partial charge in [-0.1, -0.05) is 6.07 Å². The fraction of sp³-hybridized carbons (Fsp3) is 0.333. The first-order valence-corrected chi connectivity index (χ1v) is 9.39. The Morgan fingerprint density at radius 2 is 1.96 bits per heavy atom. The highest BCUT2D eigenvalue weighted by Gasteiger charge is 2.37. The van der Waals surface area contributed by atoms with Crippen molar-refractivity contribution in [1.82, 2.24) is 14.5 Å². The SMILES string of the molecule is O=C(c1ccc2cc[nH]c2c1)N1C[C@H]2C[C@H](C1)c1ccc(C(F)F)c(=O)n1C2. The second-order valence-electron chi connectivity index (χ2n) is 7.72. The number of hydrogen-bond donors (Lipinski definition) is 1. The summed E-state index contributed by atoms with van der Waals surface area (Å²) in [6, 6.07) is 10.4. The predicted octanol–water partition coefficient (Wildman–Crippen LogP) is 3.53. The van der Waals surface area contributed by atoms with Crippen LogP contribution in [-0.4, -0.2) is 33.4 Å². The number of aromatic amines is 1. The molecule has 1 saturated heterocycles. The van der Waals surface area contributed by atoms with E-state index < -0.39 is 17.5 Å². The molecule has 1 aromatic carbocycles. The number of piperidine rings is 1. The highest BCUT2D eigenvalue weighted by atomic mass is 19.3. The standard InChI is InChI=1S/C21H19F2N3O2/c22-19(23)16-3-4-18-15-7-12(10-26(18)21(16)28)9-25(11-15)20(27)14-2-1-13-5-6-24-17(13)8-14/h1-6,8,12,15,19,24H,7,9-11H2/t12-,15-/m1/s1. The highest BCUT2D eigenvalue weighted by Crippen LogP contribution is 2.36. The lowest BCUT2D eigenvalue weighted by Gasteiger charge is -2.43. The number of aromatic nitrogens is 2. The van der Waals surface area contributed by atoms with E-state index in [0.29, 0.717) is 25.2 Å². The molecule has 2 aromatic heterocycles. The molecule has 0 saturated carbocycles. The lowest BCUT2D eigenvalue weighted by molar-refractivity contribution is 0.0593. The molecule has 2 aliphatic rings. The van der Waals surface area contributed by atoms with E-state index in [2.05, 4.69) is 4.98 Å². The number of pyridine rings is 1. The van der Waals surface area contributed by atoms with Gasteiger partial charge in [-0.2, -0.15) is 0 Å². The number of benzene rings is 1. The number of halogens is 2. The summed E-state index contributed by atoms with van der Waals surface area (Å²) in [5.41, 5.74) is 1.25. The van der Waals surface area contributed by atoms with Gasteiger partial charge in [-0.25, -0.2) is 8.78 Å². The molecular weight excluding hydrogens is 364 g/mol. The van der Waals surface area contributed by atoms with Gasteiger partial charge in [0.1, 0.15) is 0 Å². The Labute approximate surface area is 159 Å². The molecule has 0 spiro atoms. The topological polar surface area (TPSA) is 58.1 Å². The van der Waals surface area contributed by atoms with Crippen LogP contribution in [0.2, 0.25) is 0 Å². The van der Waals surface area contributed by atoms with Crippen molar-refractivity contribution in [3.8, 4) is 0 Å². The van der Waals surface area contributed by atoms with Gasteiger partial charge in [0.05, 0.1) is 5.56 Å². The monoisotopic (exact) mass is 383 g/mol. The summed E-state index contributed by atoms with van der Waals surface area (Å²) in [5, 5.41) is 1.05. The molecule has 2 atom stereocenters. The summed E-state index contributed by atoms with van der Waals surface area (Å²) in [5.74, 6) is 0.0475. The molecule has 0 aliphatic carbocycles. The van der Waals surface area contributed by atoms with Gasteiger partial charge in [0, 0.05) is 48.5 Å². The van der Waals surface area contributed by atoms with Gasteiger partial charge in [-0.15, -0.1) is 0 Å². The third kappa shape index (κ3) is 2.65. The minimum absolute atomic E-state index is 0.00917. The van der Waals surface area contributed by atoms with Crippen molar-refractivity contribution in [1.29, 1.82) is 0 Å². The minimum Gasteiger partial charge on any atom is -0.361 e. The first kappa shape index (κ1) is 17.2. The third-order valence-electron chi connectivity index (χ3n) is 5.96. The molecule has 2 aliphatic heterocycles. The van der Waals surface area contributed by atoms with Crippen molar-refractivity contribution in [3.63, 3.8) is 0 Å². The van der Waals surface area contributed by atoms with E-state index in [1.807, 2.05) is 35.4 Å². The number of carbonyl (C=O) groups excluding carboxylic acids is 1. The van der Waals surface area contributed by atoms with Crippen molar-refractivity contribution in [3.05, 3.63) is 69.8 Å². The van der Waals surface area contributed by atoms with Crippen molar-refractivity contribution in [2.75, 3.05) is 13.1 Å². The van der Waals surface area contributed by atoms with Crippen molar-refractivity contribution in [2.24, 2.45) is 5.92 Å². The first-order valence-electron chi connectivity index (χ1n) is 9.39. The van der Waals surface area contributed by atoms with Crippen LogP contribution in [0.5, 0.6) is 0 Å². The number of amides is 1. The third-order valence-corrected chi connectivity index (χ3v) is 5.96. The first-order chi connectivity index (χ1) is 13.5. The fourth-order valence-corrected chi connectivity index (χ4v) is 4.66. The van der Waals surface area contributed by atoms with Gasteiger partial charge in [0.15, 0.2) is 0 Å². The molecule has 2 bridgehead atoms. The number of fused-ring (bicyclic) bond motifs is 5. The van der Waals surface area contributed by atoms with Gasteiger partial charge in [-0.05, 0) is 48.1 Å². The highest BCUT2D eigenvalue weighted by molar-refractivity contribution is 5.98. The maximum Gasteiger partial charge on any atom is 0.269 e. The van der Waals surface area contributed by atoms with E-state index in [4.69, 9.17) is 0 Å². The molecule has 5 nitrogen and oxygen atoms in total. The van der Waals surface area contributed by atoms with Gasteiger partial charge < -0.3 is 14.5 Å².